The van der Waals surface area contributed by atoms with Crippen LogP contribution in [0.25, 0.3) is 32.8 Å². The summed E-state index contributed by atoms with van der Waals surface area (Å²) in [5, 5.41) is 6.43. The predicted octanol–water partition coefficient (Wildman–Crippen LogP) is 8.47. The van der Waals surface area contributed by atoms with E-state index < -0.39 is 0 Å². The van der Waals surface area contributed by atoms with E-state index in [1.807, 2.05) is 38.2 Å². The average molecular weight is 542 g/mol. The molecule has 1 saturated carbocycles. The SMILES string of the molecule is C/C(=N\c1ccc(-c2ccc3[nH]cc(C(=O)CCCCc4cccc5ccccc45)c3c2)cc1C)NC(=O)C1CC1. The second kappa shape index (κ2) is 11.5. The first kappa shape index (κ1) is 26.7. The highest BCUT2D eigenvalue weighted by Gasteiger charge is 2.29. The van der Waals surface area contributed by atoms with Crippen LogP contribution < -0.4 is 5.32 Å². The number of Topliss-reactive ketones (excluding diaryl/α,β-unsaturated/α-hetero) is 1. The van der Waals surface area contributed by atoms with Crippen molar-refractivity contribution in [3.8, 4) is 11.1 Å². The Morgan fingerprint density at radius 3 is 2.51 bits per heavy atom. The Balaban J connectivity index is 1.13. The number of carbonyl (C=O) groups is 2. The van der Waals surface area contributed by atoms with Gasteiger partial charge in [0.2, 0.25) is 5.91 Å². The lowest BCUT2D eigenvalue weighted by molar-refractivity contribution is -0.120. The molecule has 1 aliphatic carbocycles. The lowest BCUT2D eigenvalue weighted by Crippen LogP contribution is -2.29. The Morgan fingerprint density at radius 1 is 0.902 bits per heavy atom. The van der Waals surface area contributed by atoms with E-state index in [9.17, 15) is 9.59 Å². The third-order valence-corrected chi connectivity index (χ3v) is 8.03. The second-order valence-corrected chi connectivity index (χ2v) is 11.2. The highest BCUT2D eigenvalue weighted by molar-refractivity contribution is 6.08. The fourth-order valence-electron chi connectivity index (χ4n) is 5.57. The Bertz CT molecular complexity index is 1790. The molecule has 1 fully saturated rings. The summed E-state index contributed by atoms with van der Waals surface area (Å²) in [6.07, 6.45) is 7.13. The molecule has 1 heterocycles. The van der Waals surface area contributed by atoms with Crippen molar-refractivity contribution in [1.82, 2.24) is 10.3 Å². The zero-order valence-corrected chi connectivity index (χ0v) is 23.7. The van der Waals surface area contributed by atoms with Crippen LogP contribution in [0.3, 0.4) is 0 Å². The summed E-state index contributed by atoms with van der Waals surface area (Å²) in [5.41, 5.74) is 7.05. The van der Waals surface area contributed by atoms with Crippen LogP contribution in [0.15, 0.2) is 90.1 Å². The molecule has 5 nitrogen and oxygen atoms in total. The maximum atomic E-state index is 13.3. The third kappa shape index (κ3) is 5.99. The van der Waals surface area contributed by atoms with E-state index >= 15 is 0 Å². The molecule has 6 rings (SSSR count). The quantitative estimate of drug-likeness (QED) is 0.0850. The topological polar surface area (TPSA) is 74.3 Å². The zero-order chi connectivity index (χ0) is 28.3. The Morgan fingerprint density at radius 2 is 1.68 bits per heavy atom. The van der Waals surface area contributed by atoms with Gasteiger partial charge in [-0.1, -0.05) is 54.6 Å². The van der Waals surface area contributed by atoms with Gasteiger partial charge in [0.25, 0.3) is 0 Å². The van der Waals surface area contributed by atoms with Gasteiger partial charge >= 0.3 is 0 Å². The molecule has 0 atom stereocenters. The number of nitrogens with one attached hydrogen (secondary N) is 2. The first-order chi connectivity index (χ1) is 20.0. The molecule has 1 aliphatic rings. The zero-order valence-electron chi connectivity index (χ0n) is 23.7. The van der Waals surface area contributed by atoms with Crippen LogP contribution in [0.2, 0.25) is 0 Å². The molecule has 206 valence electrons. The van der Waals surface area contributed by atoms with Gasteiger partial charge in [-0.15, -0.1) is 0 Å². The summed E-state index contributed by atoms with van der Waals surface area (Å²) in [6.45, 7) is 3.86. The number of amides is 1. The minimum atomic E-state index is 0.0653. The molecule has 41 heavy (non-hydrogen) atoms. The molecular weight excluding hydrogens is 506 g/mol. The molecular formula is C36H35N3O2. The Labute approximate surface area is 240 Å². The van der Waals surface area contributed by atoms with Crippen molar-refractivity contribution < 1.29 is 9.59 Å². The van der Waals surface area contributed by atoms with Crippen LogP contribution in [-0.4, -0.2) is 22.5 Å². The molecule has 5 heteroatoms. The summed E-state index contributed by atoms with van der Waals surface area (Å²) in [5.74, 6) is 1.01. The number of amidine groups is 1. The van der Waals surface area contributed by atoms with E-state index in [2.05, 4.69) is 76.0 Å². The maximum absolute atomic E-state index is 13.3. The summed E-state index contributed by atoms with van der Waals surface area (Å²) in [4.78, 5) is 33.2. The number of carbonyl (C=O) groups excluding carboxylic acids is 2. The van der Waals surface area contributed by atoms with E-state index in [-0.39, 0.29) is 17.6 Å². The Kier molecular flexibility index (Phi) is 7.51. The molecule has 0 saturated heterocycles. The fourth-order valence-corrected chi connectivity index (χ4v) is 5.57. The number of rotatable bonds is 9. The molecule has 0 aliphatic heterocycles. The van der Waals surface area contributed by atoms with Gasteiger partial charge in [0.15, 0.2) is 5.78 Å². The number of hydrogen-bond acceptors (Lipinski definition) is 3. The van der Waals surface area contributed by atoms with Crippen LogP contribution in [0, 0.1) is 12.8 Å². The number of fused-ring (bicyclic) bond motifs is 2. The van der Waals surface area contributed by atoms with Crippen molar-refractivity contribution >= 4 is 44.9 Å². The number of ketones is 1. The summed E-state index contributed by atoms with van der Waals surface area (Å²) < 4.78 is 0. The Hall–Kier alpha value is -4.51. The highest BCUT2D eigenvalue weighted by atomic mass is 16.2. The number of aromatic nitrogens is 1. The number of nitrogens with zero attached hydrogens (tertiary/aromatic N) is 1. The number of aliphatic imine (C=N–C) groups is 1. The van der Waals surface area contributed by atoms with Crippen molar-refractivity contribution in [3.05, 3.63) is 102 Å². The summed E-state index contributed by atoms with van der Waals surface area (Å²) in [6, 6.07) is 27.3. The van der Waals surface area contributed by atoms with E-state index in [0.29, 0.717) is 12.3 Å². The lowest BCUT2D eigenvalue weighted by atomic mass is 9.97. The normalized spacial score (nSPS) is 13.6. The second-order valence-electron chi connectivity index (χ2n) is 11.2. The minimum absolute atomic E-state index is 0.0653. The van der Waals surface area contributed by atoms with Crippen molar-refractivity contribution in [1.29, 1.82) is 0 Å². The van der Waals surface area contributed by atoms with Gasteiger partial charge in [0, 0.05) is 35.0 Å². The van der Waals surface area contributed by atoms with Crippen LogP contribution in [0.5, 0.6) is 0 Å². The molecule has 1 aromatic heterocycles. The number of hydrogen-bond donors (Lipinski definition) is 2. The lowest BCUT2D eigenvalue weighted by Gasteiger charge is -2.09. The van der Waals surface area contributed by atoms with E-state index in [1.54, 1.807) is 0 Å². The van der Waals surface area contributed by atoms with E-state index in [4.69, 9.17) is 0 Å². The monoisotopic (exact) mass is 541 g/mol. The largest absolute Gasteiger partial charge is 0.360 e. The molecule has 0 spiro atoms. The highest BCUT2D eigenvalue weighted by Crippen LogP contribution is 2.31. The minimum Gasteiger partial charge on any atom is -0.360 e. The van der Waals surface area contributed by atoms with Gasteiger partial charge in [-0.05, 0) is 103 Å². The van der Waals surface area contributed by atoms with Gasteiger partial charge in [-0.25, -0.2) is 4.99 Å². The van der Waals surface area contributed by atoms with Crippen LogP contribution in [0.4, 0.5) is 5.69 Å². The van der Waals surface area contributed by atoms with Gasteiger partial charge in [-0.2, -0.15) is 0 Å². The van der Waals surface area contributed by atoms with E-state index in [0.717, 1.165) is 70.9 Å². The number of unbranched alkanes of at least 4 members (excludes halogenated alkanes) is 1. The van der Waals surface area contributed by atoms with Gasteiger partial charge in [0.1, 0.15) is 5.84 Å². The molecule has 4 aromatic carbocycles. The standard InChI is InChI=1S/C36H35N3O2/c1-23-20-28(16-18-33(23)38-24(2)39-36(41)27-14-15-27)29-17-19-34-31(21-29)32(22-37-34)35(40)13-6-4-9-26-11-7-10-25-8-3-5-12-30(25)26/h3,5,7-8,10-12,16-22,27,37H,4,6,9,13-15H2,1-2H3,(H,38,39,41). The molecule has 2 N–H and O–H groups in total. The van der Waals surface area contributed by atoms with Crippen molar-refractivity contribution in [2.24, 2.45) is 10.9 Å². The van der Waals surface area contributed by atoms with Crippen molar-refractivity contribution in [2.45, 2.75) is 52.4 Å². The van der Waals surface area contributed by atoms with Gasteiger partial charge in [-0.3, -0.25) is 9.59 Å². The first-order valence-corrected chi connectivity index (χ1v) is 14.5. The van der Waals surface area contributed by atoms with Gasteiger partial charge < -0.3 is 10.3 Å². The smallest absolute Gasteiger partial charge is 0.228 e. The average Bonchev–Trinajstić information content (AvgIpc) is 3.75. The number of aryl methyl sites for hydroxylation is 2. The van der Waals surface area contributed by atoms with E-state index in [1.165, 1.54) is 16.3 Å². The molecule has 0 unspecified atom stereocenters. The molecule has 0 bridgehead atoms. The maximum Gasteiger partial charge on any atom is 0.228 e. The molecule has 0 radical (unpaired) electrons. The van der Waals surface area contributed by atoms with Crippen LogP contribution in [-0.2, 0) is 11.2 Å². The number of H-pyrrole nitrogens is 1. The number of aromatic amines is 1. The third-order valence-electron chi connectivity index (χ3n) is 8.03. The molecule has 5 aromatic rings. The van der Waals surface area contributed by atoms with Crippen molar-refractivity contribution in [3.63, 3.8) is 0 Å². The summed E-state index contributed by atoms with van der Waals surface area (Å²) in [7, 11) is 0. The number of benzene rings is 4. The predicted molar refractivity (Wildman–Crippen MR) is 168 cm³/mol. The van der Waals surface area contributed by atoms with Gasteiger partial charge in [0.05, 0.1) is 5.69 Å². The fraction of sp³-hybridized carbons (Fsp3) is 0.250. The van der Waals surface area contributed by atoms with Crippen molar-refractivity contribution in [2.75, 3.05) is 0 Å². The van der Waals surface area contributed by atoms with Crippen LogP contribution in [0.1, 0.15) is 60.5 Å². The molecule has 1 amide bonds. The summed E-state index contributed by atoms with van der Waals surface area (Å²) >= 11 is 0. The van der Waals surface area contributed by atoms with Crippen LogP contribution >= 0.6 is 0 Å². The first-order valence-electron chi connectivity index (χ1n) is 14.5.